The predicted molar refractivity (Wildman–Crippen MR) is 66.4 cm³/mol. The van der Waals surface area contributed by atoms with Crippen LogP contribution in [0.1, 0.15) is 16.1 Å². The van der Waals surface area contributed by atoms with Gasteiger partial charge in [0.25, 0.3) is 5.91 Å². The highest BCUT2D eigenvalue weighted by atomic mass is 35.5. The van der Waals surface area contributed by atoms with E-state index in [9.17, 15) is 18.0 Å². The lowest BCUT2D eigenvalue weighted by molar-refractivity contribution is -0.141. The van der Waals surface area contributed by atoms with Gasteiger partial charge in [0.05, 0.1) is 17.4 Å². The van der Waals surface area contributed by atoms with Crippen LogP contribution in [0.25, 0.3) is 0 Å². The Morgan fingerprint density at radius 2 is 1.95 bits per heavy atom. The molecule has 0 bridgehead atoms. The fraction of sp³-hybridized carbons (Fsp3) is 0.0833. The highest BCUT2D eigenvalue weighted by Crippen LogP contribution is 2.27. The zero-order chi connectivity index (χ0) is 14.8. The summed E-state index contributed by atoms with van der Waals surface area (Å²) in [6.07, 6.45) is -2.18. The number of amides is 1. The molecule has 0 fully saturated rings. The average molecular weight is 302 g/mol. The first kappa shape index (κ1) is 14.3. The van der Waals surface area contributed by atoms with E-state index in [0.717, 1.165) is 18.3 Å². The number of hydrogen-bond donors (Lipinski definition) is 1. The van der Waals surface area contributed by atoms with E-state index in [1.165, 1.54) is 18.3 Å². The summed E-state index contributed by atoms with van der Waals surface area (Å²) < 4.78 is 37.0. The zero-order valence-electron chi connectivity index (χ0n) is 9.78. The van der Waals surface area contributed by atoms with Crippen molar-refractivity contribution in [2.24, 2.45) is 0 Å². The van der Waals surface area contributed by atoms with Gasteiger partial charge in [0.2, 0.25) is 0 Å². The van der Waals surface area contributed by atoms with E-state index in [1.807, 2.05) is 0 Å². The summed E-state index contributed by atoms with van der Waals surface area (Å²) in [6.45, 7) is 0. The van der Waals surface area contributed by atoms with Crippen molar-refractivity contribution in [2.75, 3.05) is 5.32 Å². The van der Waals surface area contributed by atoms with Crippen molar-refractivity contribution < 1.29 is 18.0 Å². The molecule has 0 aliphatic heterocycles. The van der Waals surface area contributed by atoms with Gasteiger partial charge in [-0.05, 0) is 24.3 Å². The average Bonchev–Trinajstić information content (AvgIpc) is 2.38. The standard InChI is InChI=1S/C12H7ClF3N3O/c13-10-8(2-1-5-17-10)11(20)19-7-3-4-9(18-6-7)12(14,15)16/h1-6H,(H,19,20). The number of aromatic nitrogens is 2. The van der Waals surface area contributed by atoms with Gasteiger partial charge in [0.15, 0.2) is 0 Å². The molecule has 2 aromatic heterocycles. The van der Waals surface area contributed by atoms with Crippen molar-refractivity contribution in [3.05, 3.63) is 53.1 Å². The van der Waals surface area contributed by atoms with Crippen molar-refractivity contribution in [1.29, 1.82) is 0 Å². The number of nitrogens with one attached hydrogen (secondary N) is 1. The van der Waals surface area contributed by atoms with E-state index in [0.29, 0.717) is 0 Å². The highest BCUT2D eigenvalue weighted by Gasteiger charge is 2.32. The number of carbonyl (C=O) groups excluding carboxylic acids is 1. The van der Waals surface area contributed by atoms with Crippen LogP contribution < -0.4 is 5.32 Å². The van der Waals surface area contributed by atoms with Gasteiger partial charge in [-0.1, -0.05) is 11.6 Å². The fourth-order valence-corrected chi connectivity index (χ4v) is 1.59. The lowest BCUT2D eigenvalue weighted by Gasteiger charge is -2.08. The van der Waals surface area contributed by atoms with Gasteiger partial charge in [-0.3, -0.25) is 4.79 Å². The Kier molecular flexibility index (Phi) is 3.89. The first-order chi connectivity index (χ1) is 9.38. The molecule has 0 aliphatic carbocycles. The van der Waals surface area contributed by atoms with Crippen LogP contribution in [-0.2, 0) is 6.18 Å². The maximum Gasteiger partial charge on any atom is 0.433 e. The second-order valence-corrected chi connectivity index (χ2v) is 4.08. The number of halogens is 4. The Morgan fingerprint density at radius 1 is 1.20 bits per heavy atom. The maximum atomic E-state index is 12.3. The van der Waals surface area contributed by atoms with Crippen LogP contribution in [0, 0.1) is 0 Å². The van der Waals surface area contributed by atoms with Crippen LogP contribution in [0.4, 0.5) is 18.9 Å². The normalized spacial score (nSPS) is 11.2. The molecule has 0 radical (unpaired) electrons. The maximum absolute atomic E-state index is 12.3. The topological polar surface area (TPSA) is 54.9 Å². The highest BCUT2D eigenvalue weighted by molar-refractivity contribution is 6.33. The van der Waals surface area contributed by atoms with Gasteiger partial charge < -0.3 is 5.32 Å². The molecule has 2 heterocycles. The van der Waals surface area contributed by atoms with Crippen LogP contribution in [-0.4, -0.2) is 15.9 Å². The van der Waals surface area contributed by atoms with Crippen LogP contribution in [0.15, 0.2) is 36.7 Å². The lowest BCUT2D eigenvalue weighted by atomic mass is 10.2. The molecule has 0 saturated carbocycles. The predicted octanol–water partition coefficient (Wildman–Crippen LogP) is 3.40. The van der Waals surface area contributed by atoms with E-state index in [1.54, 1.807) is 0 Å². The molecule has 0 atom stereocenters. The Balaban J connectivity index is 2.15. The third-order valence-electron chi connectivity index (χ3n) is 2.32. The molecule has 0 aliphatic rings. The number of pyridine rings is 2. The molecule has 0 aromatic carbocycles. The van der Waals surface area contributed by atoms with Gasteiger partial charge >= 0.3 is 6.18 Å². The third-order valence-corrected chi connectivity index (χ3v) is 2.62. The Morgan fingerprint density at radius 3 is 2.50 bits per heavy atom. The van der Waals surface area contributed by atoms with Gasteiger partial charge in [-0.2, -0.15) is 13.2 Å². The number of nitrogens with zero attached hydrogens (tertiary/aromatic N) is 2. The van der Waals surface area contributed by atoms with Gasteiger partial charge in [-0.25, -0.2) is 9.97 Å². The largest absolute Gasteiger partial charge is 0.433 e. The van der Waals surface area contributed by atoms with Crippen LogP contribution >= 0.6 is 11.6 Å². The lowest BCUT2D eigenvalue weighted by Crippen LogP contribution is -2.14. The van der Waals surface area contributed by atoms with Crippen molar-refractivity contribution in [3.63, 3.8) is 0 Å². The van der Waals surface area contributed by atoms with Gasteiger partial charge in [-0.15, -0.1) is 0 Å². The Labute approximate surface area is 116 Å². The molecular weight excluding hydrogens is 295 g/mol. The molecule has 1 amide bonds. The summed E-state index contributed by atoms with van der Waals surface area (Å²) in [7, 11) is 0. The third kappa shape index (κ3) is 3.24. The van der Waals surface area contributed by atoms with Gasteiger partial charge in [0.1, 0.15) is 10.8 Å². The van der Waals surface area contributed by atoms with Crippen LogP contribution in [0.2, 0.25) is 5.15 Å². The monoisotopic (exact) mass is 301 g/mol. The van der Waals surface area contributed by atoms with Crippen molar-refractivity contribution in [3.8, 4) is 0 Å². The number of carbonyl (C=O) groups is 1. The number of alkyl halides is 3. The summed E-state index contributed by atoms with van der Waals surface area (Å²) in [6, 6.07) is 4.85. The van der Waals surface area contributed by atoms with Crippen molar-refractivity contribution >= 4 is 23.2 Å². The minimum Gasteiger partial charge on any atom is -0.320 e. The SMILES string of the molecule is O=C(Nc1ccc(C(F)(F)F)nc1)c1cccnc1Cl. The van der Waals surface area contributed by atoms with E-state index in [2.05, 4.69) is 15.3 Å². The minimum absolute atomic E-state index is 0.00451. The van der Waals surface area contributed by atoms with Crippen molar-refractivity contribution in [2.45, 2.75) is 6.18 Å². The molecule has 2 rings (SSSR count). The first-order valence-corrected chi connectivity index (χ1v) is 5.71. The van der Waals surface area contributed by atoms with Crippen molar-refractivity contribution in [1.82, 2.24) is 9.97 Å². The summed E-state index contributed by atoms with van der Waals surface area (Å²) >= 11 is 5.73. The summed E-state index contributed by atoms with van der Waals surface area (Å²) in [5.41, 5.74) is -0.785. The quantitative estimate of drug-likeness (QED) is 0.865. The van der Waals surface area contributed by atoms with Crippen LogP contribution in [0.5, 0.6) is 0 Å². The molecular formula is C12H7ClF3N3O. The number of anilines is 1. The minimum atomic E-state index is -4.52. The van der Waals surface area contributed by atoms with E-state index in [-0.39, 0.29) is 16.4 Å². The summed E-state index contributed by atoms with van der Waals surface area (Å²) in [4.78, 5) is 18.8. The smallest absolute Gasteiger partial charge is 0.320 e. The molecule has 4 nitrogen and oxygen atoms in total. The molecule has 20 heavy (non-hydrogen) atoms. The van der Waals surface area contributed by atoms with Gasteiger partial charge in [0, 0.05) is 6.20 Å². The second kappa shape index (κ2) is 5.46. The molecule has 8 heteroatoms. The summed E-state index contributed by atoms with van der Waals surface area (Å²) in [5.74, 6) is -0.579. The van der Waals surface area contributed by atoms with E-state index >= 15 is 0 Å². The molecule has 2 aromatic rings. The molecule has 0 spiro atoms. The fourth-order valence-electron chi connectivity index (χ4n) is 1.39. The zero-order valence-corrected chi connectivity index (χ0v) is 10.5. The molecule has 104 valence electrons. The Hall–Kier alpha value is -2.15. The first-order valence-electron chi connectivity index (χ1n) is 5.33. The molecule has 0 unspecified atom stereocenters. The van der Waals surface area contributed by atoms with E-state index in [4.69, 9.17) is 11.6 Å². The molecule has 0 saturated heterocycles. The summed E-state index contributed by atoms with van der Waals surface area (Å²) in [5, 5.41) is 2.39. The molecule has 1 N–H and O–H groups in total. The van der Waals surface area contributed by atoms with Crippen LogP contribution in [0.3, 0.4) is 0 Å². The Bertz CT molecular complexity index is 629. The number of hydrogen-bond acceptors (Lipinski definition) is 3. The number of rotatable bonds is 2. The second-order valence-electron chi connectivity index (χ2n) is 3.73. The van der Waals surface area contributed by atoms with E-state index < -0.39 is 17.8 Å².